The fourth-order valence-corrected chi connectivity index (χ4v) is 2.15. The molecule has 0 saturated carbocycles. The van der Waals surface area contributed by atoms with Crippen LogP contribution < -0.4 is 79.9 Å². The minimum Gasteiger partial charge on any atom is -0.463 e. The standard InChI is InChI=1S/C11H19N3O.C8H8O2.CH3.Cs/c1-14(11(15)13-8-7-12)9-10-5-3-2-4-6-10;9-7-10-6-8-4-2-1-3-5-8;;/h3,5-6H,2,4,7-9,12H2,1H3,(H,13,15);1-5,7H,6H2;1H3;/q;;-1;+1. The largest absolute Gasteiger partial charge is 1.00 e. The molecule has 0 radical (unpaired) electrons. The maximum atomic E-state index is 11.5. The summed E-state index contributed by atoms with van der Waals surface area (Å²) >= 11 is 0. The van der Waals surface area contributed by atoms with Crippen molar-refractivity contribution in [3.8, 4) is 0 Å². The number of urea groups is 1. The molecule has 2 amide bonds. The summed E-state index contributed by atoms with van der Waals surface area (Å²) in [6.07, 6.45) is 8.57. The van der Waals surface area contributed by atoms with Crippen LogP contribution in [0.25, 0.3) is 0 Å². The SMILES string of the molecule is CN(CC1=CCCC=C1)C(=O)NCCN.O=COCc1ccccc1.[CH3-].[Cs+]. The van der Waals surface area contributed by atoms with E-state index >= 15 is 0 Å². The Kier molecular flexibility index (Phi) is 20.0. The Balaban J connectivity index is 0. The Bertz CT molecular complexity index is 577. The zero-order valence-electron chi connectivity index (χ0n) is 16.7. The van der Waals surface area contributed by atoms with E-state index < -0.39 is 0 Å². The summed E-state index contributed by atoms with van der Waals surface area (Å²) in [5.41, 5.74) is 7.51. The Labute approximate surface area is 222 Å². The van der Waals surface area contributed by atoms with Crippen molar-refractivity contribution < 1.29 is 83.2 Å². The zero-order valence-corrected chi connectivity index (χ0v) is 23.0. The van der Waals surface area contributed by atoms with Gasteiger partial charge in [0.2, 0.25) is 0 Å². The molecule has 6 nitrogen and oxygen atoms in total. The van der Waals surface area contributed by atoms with Crippen molar-refractivity contribution in [1.82, 2.24) is 10.2 Å². The fourth-order valence-electron chi connectivity index (χ4n) is 2.15. The smallest absolute Gasteiger partial charge is 0.463 e. The van der Waals surface area contributed by atoms with Gasteiger partial charge in [0.05, 0.1) is 0 Å². The van der Waals surface area contributed by atoms with Crippen LogP contribution in [0, 0.1) is 7.43 Å². The number of carbonyl (C=O) groups excluding carboxylic acids is 2. The van der Waals surface area contributed by atoms with Gasteiger partial charge in [0.25, 0.3) is 6.47 Å². The molecule has 0 fully saturated rings. The number of hydrogen-bond donors (Lipinski definition) is 2. The summed E-state index contributed by atoms with van der Waals surface area (Å²) in [5.74, 6) is 0. The van der Waals surface area contributed by atoms with Crippen molar-refractivity contribution in [2.24, 2.45) is 5.73 Å². The van der Waals surface area contributed by atoms with Crippen LogP contribution in [0.2, 0.25) is 0 Å². The number of likely N-dealkylation sites (N-methyl/N-ethyl adjacent to an activating group) is 1. The molecule has 27 heavy (non-hydrogen) atoms. The van der Waals surface area contributed by atoms with Crippen molar-refractivity contribution in [2.45, 2.75) is 19.4 Å². The zero-order chi connectivity index (χ0) is 18.3. The summed E-state index contributed by atoms with van der Waals surface area (Å²) in [4.78, 5) is 22.9. The van der Waals surface area contributed by atoms with E-state index in [2.05, 4.69) is 28.3 Å². The van der Waals surface area contributed by atoms with Gasteiger partial charge < -0.3 is 28.1 Å². The normalized spacial score (nSPS) is 11.4. The molecule has 0 heterocycles. The van der Waals surface area contributed by atoms with Crippen LogP contribution in [0.1, 0.15) is 18.4 Å². The van der Waals surface area contributed by atoms with Crippen LogP contribution >= 0.6 is 0 Å². The molecule has 1 aliphatic rings. The fraction of sp³-hybridized carbons (Fsp3) is 0.350. The van der Waals surface area contributed by atoms with Gasteiger partial charge in [0, 0.05) is 26.7 Å². The molecule has 0 bridgehead atoms. The van der Waals surface area contributed by atoms with Crippen molar-refractivity contribution in [2.75, 3.05) is 26.7 Å². The molecular formula is C20H30CsN3O3. The van der Waals surface area contributed by atoms with E-state index in [1.807, 2.05) is 30.3 Å². The van der Waals surface area contributed by atoms with Gasteiger partial charge in [-0.3, -0.25) is 4.79 Å². The number of allylic oxidation sites excluding steroid dienone is 2. The molecule has 0 aliphatic heterocycles. The molecule has 144 valence electrons. The van der Waals surface area contributed by atoms with Crippen LogP contribution in [0.3, 0.4) is 0 Å². The van der Waals surface area contributed by atoms with E-state index in [-0.39, 0.29) is 82.4 Å². The molecule has 7 heteroatoms. The predicted molar refractivity (Wildman–Crippen MR) is 105 cm³/mol. The third-order valence-electron chi connectivity index (χ3n) is 3.42. The Morgan fingerprint density at radius 1 is 1.30 bits per heavy atom. The first-order valence-corrected chi connectivity index (χ1v) is 8.31. The van der Waals surface area contributed by atoms with E-state index in [1.165, 1.54) is 5.57 Å². The monoisotopic (exact) mass is 493 g/mol. The first-order valence-electron chi connectivity index (χ1n) is 8.31. The van der Waals surface area contributed by atoms with Gasteiger partial charge in [-0.15, -0.1) is 0 Å². The Morgan fingerprint density at radius 3 is 2.56 bits per heavy atom. The minimum absolute atomic E-state index is 0. The minimum atomic E-state index is -0.0691. The predicted octanol–water partition coefficient (Wildman–Crippen LogP) is -0.323. The maximum absolute atomic E-state index is 11.5. The van der Waals surface area contributed by atoms with Crippen molar-refractivity contribution in [1.29, 1.82) is 0 Å². The Hall–Kier alpha value is -0.548. The van der Waals surface area contributed by atoms with Crippen LogP contribution in [-0.4, -0.2) is 44.1 Å². The van der Waals surface area contributed by atoms with Gasteiger partial charge in [-0.1, -0.05) is 48.6 Å². The first-order chi connectivity index (χ1) is 12.2. The van der Waals surface area contributed by atoms with E-state index in [9.17, 15) is 9.59 Å². The van der Waals surface area contributed by atoms with E-state index in [0.29, 0.717) is 32.7 Å². The summed E-state index contributed by atoms with van der Waals surface area (Å²) in [6.45, 7) is 2.48. The number of rotatable bonds is 7. The molecule has 2 rings (SSSR count). The molecular weight excluding hydrogens is 463 g/mol. The number of ether oxygens (including phenoxy) is 1. The van der Waals surface area contributed by atoms with E-state index in [1.54, 1.807) is 11.9 Å². The average Bonchev–Trinajstić information content (AvgIpc) is 2.66. The van der Waals surface area contributed by atoms with Gasteiger partial charge in [-0.05, 0) is 24.0 Å². The van der Waals surface area contributed by atoms with Crippen LogP contribution in [0.15, 0.2) is 54.1 Å². The van der Waals surface area contributed by atoms with Crippen molar-refractivity contribution in [3.63, 3.8) is 0 Å². The molecule has 3 N–H and O–H groups in total. The second kappa shape index (κ2) is 18.8. The van der Waals surface area contributed by atoms with Gasteiger partial charge in [0.15, 0.2) is 0 Å². The number of amides is 2. The van der Waals surface area contributed by atoms with Gasteiger partial charge in [-0.2, -0.15) is 0 Å². The van der Waals surface area contributed by atoms with Gasteiger partial charge in [0.1, 0.15) is 6.61 Å². The molecule has 0 aromatic heterocycles. The number of benzene rings is 1. The second-order valence-corrected chi connectivity index (χ2v) is 5.53. The van der Waals surface area contributed by atoms with Crippen LogP contribution in [-0.2, 0) is 16.1 Å². The number of nitrogens with zero attached hydrogens (tertiary/aromatic N) is 1. The molecule has 1 aromatic rings. The van der Waals surface area contributed by atoms with Crippen molar-refractivity contribution in [3.05, 3.63) is 67.1 Å². The van der Waals surface area contributed by atoms with Crippen molar-refractivity contribution >= 4 is 12.5 Å². The van der Waals surface area contributed by atoms with Gasteiger partial charge in [-0.25, -0.2) is 4.79 Å². The average molecular weight is 493 g/mol. The second-order valence-electron chi connectivity index (χ2n) is 5.53. The molecule has 1 aromatic carbocycles. The Morgan fingerprint density at radius 2 is 2.00 bits per heavy atom. The van der Waals surface area contributed by atoms with Gasteiger partial charge >= 0.3 is 74.9 Å². The molecule has 0 unspecified atom stereocenters. The molecule has 0 saturated heterocycles. The van der Waals surface area contributed by atoms with E-state index in [4.69, 9.17) is 5.73 Å². The summed E-state index contributed by atoms with van der Waals surface area (Å²) in [5, 5.41) is 2.73. The number of nitrogens with one attached hydrogen (secondary N) is 1. The third-order valence-corrected chi connectivity index (χ3v) is 3.42. The first kappa shape index (κ1) is 28.7. The molecule has 1 aliphatic carbocycles. The number of hydrogen-bond acceptors (Lipinski definition) is 4. The maximum Gasteiger partial charge on any atom is 1.00 e. The third kappa shape index (κ3) is 14.2. The molecule has 0 spiro atoms. The molecule has 0 atom stereocenters. The van der Waals surface area contributed by atoms with Crippen LogP contribution in [0.5, 0.6) is 0 Å². The summed E-state index contributed by atoms with van der Waals surface area (Å²) in [6, 6.07) is 9.48. The topological polar surface area (TPSA) is 84.7 Å². The quantitative estimate of drug-likeness (QED) is 0.403. The number of carbonyl (C=O) groups is 2. The van der Waals surface area contributed by atoms with E-state index in [0.717, 1.165) is 18.4 Å². The number of nitrogens with two attached hydrogens (primary N) is 1. The van der Waals surface area contributed by atoms with Crippen LogP contribution in [0.4, 0.5) is 4.79 Å². The summed E-state index contributed by atoms with van der Waals surface area (Å²) in [7, 11) is 1.79. The summed E-state index contributed by atoms with van der Waals surface area (Å²) < 4.78 is 4.54.